The molecule has 2 rings (SSSR count). The van der Waals surface area contributed by atoms with Gasteiger partial charge < -0.3 is 4.84 Å². The molecule has 0 spiro atoms. The maximum absolute atomic E-state index is 11.9. The van der Waals surface area contributed by atoms with Crippen LogP contribution in [-0.4, -0.2) is 16.7 Å². The summed E-state index contributed by atoms with van der Waals surface area (Å²) < 4.78 is 0.835. The van der Waals surface area contributed by atoms with Gasteiger partial charge in [0.15, 0.2) is 0 Å². The largest absolute Gasteiger partial charge is 0.366 e. The Labute approximate surface area is 124 Å². The van der Waals surface area contributed by atoms with Crippen molar-refractivity contribution in [3.05, 3.63) is 63.5 Å². The third-order valence-corrected chi connectivity index (χ3v) is 3.40. The van der Waals surface area contributed by atoms with Crippen molar-refractivity contribution in [1.29, 1.82) is 0 Å². The molecule has 0 aliphatic rings. The van der Waals surface area contributed by atoms with Crippen LogP contribution in [0.5, 0.6) is 0 Å². The fourth-order valence-electron chi connectivity index (χ4n) is 1.43. The molecule has 0 atom stereocenters. The molecule has 0 saturated heterocycles. The van der Waals surface area contributed by atoms with Crippen molar-refractivity contribution in [2.24, 2.45) is 5.16 Å². The van der Waals surface area contributed by atoms with Crippen LogP contribution in [0.25, 0.3) is 0 Å². The fraction of sp³-hybridized carbons (Fsp3) is 0.0714. The average molecular weight is 366 g/mol. The highest BCUT2D eigenvalue weighted by Crippen LogP contribution is 2.13. The number of aromatic nitrogens is 1. The van der Waals surface area contributed by atoms with E-state index in [1.54, 1.807) is 43.6 Å². The van der Waals surface area contributed by atoms with Gasteiger partial charge in [-0.2, -0.15) is 0 Å². The molecular weight excluding hydrogens is 355 g/mol. The van der Waals surface area contributed by atoms with Crippen molar-refractivity contribution in [3.63, 3.8) is 0 Å². The standard InChI is InChI=1S/C14H11IN2O2/c1-10(11-6-8-16-9-7-11)17-19-14(18)12-4-2-3-5-13(12)15/h2-9H,1H3/b17-10-. The monoisotopic (exact) mass is 366 g/mol. The number of carbonyl (C=O) groups is 1. The van der Waals surface area contributed by atoms with Gasteiger partial charge in [0.1, 0.15) is 0 Å². The van der Waals surface area contributed by atoms with E-state index >= 15 is 0 Å². The summed E-state index contributed by atoms with van der Waals surface area (Å²) in [6.45, 7) is 1.78. The summed E-state index contributed by atoms with van der Waals surface area (Å²) in [5, 5.41) is 3.85. The van der Waals surface area contributed by atoms with E-state index in [9.17, 15) is 4.79 Å². The van der Waals surface area contributed by atoms with E-state index < -0.39 is 5.97 Å². The van der Waals surface area contributed by atoms with Crippen LogP contribution in [0.3, 0.4) is 0 Å². The van der Waals surface area contributed by atoms with E-state index in [1.165, 1.54) is 0 Å². The molecule has 0 radical (unpaired) electrons. The highest BCUT2D eigenvalue weighted by atomic mass is 127. The molecule has 2 aromatic rings. The van der Waals surface area contributed by atoms with E-state index in [0.29, 0.717) is 11.3 Å². The predicted octanol–water partition coefficient (Wildman–Crippen LogP) is 3.27. The summed E-state index contributed by atoms with van der Waals surface area (Å²) in [4.78, 5) is 20.7. The number of carbonyl (C=O) groups excluding carboxylic acids is 1. The molecule has 0 aliphatic heterocycles. The molecule has 1 aromatic heterocycles. The zero-order valence-electron chi connectivity index (χ0n) is 10.2. The molecule has 0 unspecified atom stereocenters. The molecule has 5 heteroatoms. The zero-order valence-corrected chi connectivity index (χ0v) is 12.4. The van der Waals surface area contributed by atoms with E-state index in [1.807, 2.05) is 12.1 Å². The first-order chi connectivity index (χ1) is 9.18. The number of benzene rings is 1. The first-order valence-electron chi connectivity index (χ1n) is 5.59. The fourth-order valence-corrected chi connectivity index (χ4v) is 2.04. The number of nitrogens with zero attached hydrogens (tertiary/aromatic N) is 2. The van der Waals surface area contributed by atoms with Gasteiger partial charge in [0.05, 0.1) is 11.3 Å². The minimum absolute atomic E-state index is 0.460. The van der Waals surface area contributed by atoms with Crippen LogP contribution in [-0.2, 0) is 4.84 Å². The maximum Gasteiger partial charge on any atom is 0.366 e. The van der Waals surface area contributed by atoms with Crippen molar-refractivity contribution in [2.75, 3.05) is 0 Å². The highest BCUT2D eigenvalue weighted by Gasteiger charge is 2.10. The molecule has 0 aliphatic carbocycles. The summed E-state index contributed by atoms with van der Waals surface area (Å²) in [5.41, 5.74) is 2.00. The average Bonchev–Trinajstić information content (AvgIpc) is 2.46. The molecule has 0 N–H and O–H groups in total. The van der Waals surface area contributed by atoms with Crippen LogP contribution in [0.4, 0.5) is 0 Å². The molecule has 0 bridgehead atoms. The van der Waals surface area contributed by atoms with Gasteiger partial charge >= 0.3 is 5.97 Å². The van der Waals surface area contributed by atoms with Gasteiger partial charge in [-0.25, -0.2) is 4.79 Å². The van der Waals surface area contributed by atoms with Gasteiger partial charge in [-0.15, -0.1) is 0 Å². The normalized spacial score (nSPS) is 11.2. The van der Waals surface area contributed by atoms with Crippen LogP contribution in [0.15, 0.2) is 53.9 Å². The van der Waals surface area contributed by atoms with Gasteiger partial charge in [0.2, 0.25) is 0 Å². The summed E-state index contributed by atoms with van der Waals surface area (Å²) in [6.07, 6.45) is 3.33. The van der Waals surface area contributed by atoms with E-state index in [4.69, 9.17) is 4.84 Å². The molecule has 1 aromatic carbocycles. The Morgan fingerprint density at radius 3 is 2.58 bits per heavy atom. The van der Waals surface area contributed by atoms with Gasteiger partial charge in [-0.1, -0.05) is 17.3 Å². The number of pyridine rings is 1. The first-order valence-corrected chi connectivity index (χ1v) is 6.67. The minimum atomic E-state index is -0.460. The summed E-state index contributed by atoms with van der Waals surface area (Å²) >= 11 is 2.09. The van der Waals surface area contributed by atoms with Crippen LogP contribution in [0.1, 0.15) is 22.8 Å². The lowest BCUT2D eigenvalue weighted by Crippen LogP contribution is -2.05. The minimum Gasteiger partial charge on any atom is -0.312 e. The first kappa shape index (κ1) is 13.7. The Kier molecular flexibility index (Phi) is 4.62. The third-order valence-electron chi connectivity index (χ3n) is 2.46. The molecule has 1 heterocycles. The number of halogens is 1. The lowest BCUT2D eigenvalue weighted by molar-refractivity contribution is 0.0515. The Morgan fingerprint density at radius 1 is 1.21 bits per heavy atom. The van der Waals surface area contributed by atoms with Crippen LogP contribution in [0, 0.1) is 3.57 Å². The van der Waals surface area contributed by atoms with Crippen molar-refractivity contribution in [2.45, 2.75) is 6.92 Å². The molecule has 4 nitrogen and oxygen atoms in total. The molecule has 0 saturated carbocycles. The van der Waals surface area contributed by atoms with Crippen LogP contribution >= 0.6 is 22.6 Å². The Morgan fingerprint density at radius 2 is 1.89 bits per heavy atom. The molecule has 0 fully saturated rings. The van der Waals surface area contributed by atoms with Gasteiger partial charge in [-0.05, 0) is 53.8 Å². The van der Waals surface area contributed by atoms with Gasteiger partial charge in [0.25, 0.3) is 0 Å². The Bertz CT molecular complexity index is 612. The van der Waals surface area contributed by atoms with Crippen molar-refractivity contribution >= 4 is 34.3 Å². The molecule has 0 amide bonds. The second kappa shape index (κ2) is 6.42. The molecule has 19 heavy (non-hydrogen) atoms. The number of hydrogen-bond donors (Lipinski definition) is 0. The lowest BCUT2D eigenvalue weighted by Gasteiger charge is -2.02. The SMILES string of the molecule is C/C(=N/OC(=O)c1ccccc1I)c1ccncc1. The van der Waals surface area contributed by atoms with E-state index in [2.05, 4.69) is 32.7 Å². The van der Waals surface area contributed by atoms with Crippen molar-refractivity contribution in [1.82, 2.24) is 4.98 Å². The quantitative estimate of drug-likeness (QED) is 0.363. The van der Waals surface area contributed by atoms with Crippen molar-refractivity contribution < 1.29 is 9.63 Å². The Balaban J connectivity index is 2.11. The van der Waals surface area contributed by atoms with Crippen molar-refractivity contribution in [3.8, 4) is 0 Å². The maximum atomic E-state index is 11.9. The second-order valence-electron chi connectivity index (χ2n) is 3.77. The summed E-state index contributed by atoms with van der Waals surface area (Å²) in [5.74, 6) is -0.460. The number of hydrogen-bond acceptors (Lipinski definition) is 4. The van der Waals surface area contributed by atoms with Gasteiger partial charge in [-0.3, -0.25) is 4.98 Å². The Hall–Kier alpha value is -1.76. The van der Waals surface area contributed by atoms with Crippen LogP contribution < -0.4 is 0 Å². The van der Waals surface area contributed by atoms with E-state index in [0.717, 1.165) is 9.13 Å². The van der Waals surface area contributed by atoms with Gasteiger partial charge in [0, 0.05) is 21.5 Å². The molecule has 96 valence electrons. The highest BCUT2D eigenvalue weighted by molar-refractivity contribution is 14.1. The summed E-state index contributed by atoms with van der Waals surface area (Å²) in [7, 11) is 0. The molecular formula is C14H11IN2O2. The smallest absolute Gasteiger partial charge is 0.312 e. The predicted molar refractivity (Wildman–Crippen MR) is 81.0 cm³/mol. The van der Waals surface area contributed by atoms with Crippen LogP contribution in [0.2, 0.25) is 0 Å². The topological polar surface area (TPSA) is 51.5 Å². The zero-order chi connectivity index (χ0) is 13.7. The summed E-state index contributed by atoms with van der Waals surface area (Å²) in [6, 6.07) is 10.8. The third kappa shape index (κ3) is 3.60. The lowest BCUT2D eigenvalue weighted by atomic mass is 10.2. The number of oxime groups is 1. The van der Waals surface area contributed by atoms with E-state index in [-0.39, 0.29) is 0 Å². The second-order valence-corrected chi connectivity index (χ2v) is 4.93. The number of rotatable bonds is 3.